The molecule has 1 aromatic rings. The quantitative estimate of drug-likeness (QED) is 0.573. The molecule has 0 N–H and O–H groups in total. The molecule has 114 valence electrons. The summed E-state index contributed by atoms with van der Waals surface area (Å²) in [4.78, 5) is 24.8. The molecule has 0 spiro atoms. The highest BCUT2D eigenvalue weighted by Gasteiger charge is 2.11. The van der Waals surface area contributed by atoms with Gasteiger partial charge in [-0.25, -0.2) is 4.39 Å². The van der Waals surface area contributed by atoms with Gasteiger partial charge < -0.3 is 9.64 Å². The van der Waals surface area contributed by atoms with Crippen molar-refractivity contribution in [2.45, 2.75) is 19.8 Å². The van der Waals surface area contributed by atoms with E-state index in [2.05, 4.69) is 4.74 Å². The lowest BCUT2D eigenvalue weighted by molar-refractivity contribution is -0.141. The number of carbonyl (C=O) groups is 2. The molecule has 0 bridgehead atoms. The van der Waals surface area contributed by atoms with Crippen LogP contribution < -0.4 is 0 Å². The molecule has 4 nitrogen and oxygen atoms in total. The Morgan fingerprint density at radius 1 is 1.24 bits per heavy atom. The minimum absolute atomic E-state index is 0.173. The molecular weight excluding hydrogens is 273 g/mol. The molecule has 0 saturated carbocycles. The summed E-state index contributed by atoms with van der Waals surface area (Å²) in [6, 6.07) is 5.87. The van der Waals surface area contributed by atoms with E-state index in [1.54, 1.807) is 23.1 Å². The zero-order valence-electron chi connectivity index (χ0n) is 12.3. The molecule has 0 aromatic heterocycles. The summed E-state index contributed by atoms with van der Waals surface area (Å²) >= 11 is 0. The molecule has 21 heavy (non-hydrogen) atoms. The van der Waals surface area contributed by atoms with Crippen molar-refractivity contribution in [1.82, 2.24) is 4.90 Å². The van der Waals surface area contributed by atoms with Gasteiger partial charge in [0.05, 0.1) is 13.5 Å². The van der Waals surface area contributed by atoms with E-state index in [0.717, 1.165) is 12.0 Å². The van der Waals surface area contributed by atoms with Crippen molar-refractivity contribution in [1.29, 1.82) is 0 Å². The topological polar surface area (TPSA) is 46.6 Å². The molecule has 0 unspecified atom stereocenters. The number of carbonyl (C=O) groups excluding carboxylic acids is 2. The predicted molar refractivity (Wildman–Crippen MR) is 78.9 cm³/mol. The molecule has 0 heterocycles. The van der Waals surface area contributed by atoms with Crippen LogP contribution in [-0.4, -0.2) is 37.0 Å². The zero-order chi connectivity index (χ0) is 15.7. The molecule has 0 atom stereocenters. The van der Waals surface area contributed by atoms with Crippen molar-refractivity contribution < 1.29 is 18.7 Å². The lowest BCUT2D eigenvalue weighted by Crippen LogP contribution is -2.32. The number of halogens is 1. The number of amides is 1. The second-order valence-electron chi connectivity index (χ2n) is 4.54. The van der Waals surface area contributed by atoms with Crippen LogP contribution in [0.1, 0.15) is 25.3 Å². The lowest BCUT2D eigenvalue weighted by atomic mass is 10.2. The summed E-state index contributed by atoms with van der Waals surface area (Å²) in [6.07, 6.45) is 4.03. The maximum atomic E-state index is 12.8. The Labute approximate surface area is 124 Å². The first-order valence-electron chi connectivity index (χ1n) is 6.86. The number of nitrogens with zero attached hydrogens (tertiary/aromatic N) is 1. The average molecular weight is 293 g/mol. The molecule has 5 heteroatoms. The van der Waals surface area contributed by atoms with Gasteiger partial charge in [-0.3, -0.25) is 9.59 Å². The third-order valence-electron chi connectivity index (χ3n) is 2.91. The minimum Gasteiger partial charge on any atom is -0.469 e. The van der Waals surface area contributed by atoms with Gasteiger partial charge in [0.2, 0.25) is 5.91 Å². The second-order valence-corrected chi connectivity index (χ2v) is 4.54. The third kappa shape index (κ3) is 6.21. The maximum absolute atomic E-state index is 12.8. The highest BCUT2D eigenvalue weighted by Crippen LogP contribution is 2.06. The van der Waals surface area contributed by atoms with E-state index in [4.69, 9.17) is 0 Å². The average Bonchev–Trinajstić information content (AvgIpc) is 2.50. The summed E-state index contributed by atoms with van der Waals surface area (Å²) in [5, 5.41) is 0. The number of rotatable bonds is 7. The van der Waals surface area contributed by atoms with Crippen LogP contribution in [0.5, 0.6) is 0 Å². The smallest absolute Gasteiger partial charge is 0.307 e. The van der Waals surface area contributed by atoms with Crippen molar-refractivity contribution in [2.75, 3.05) is 20.2 Å². The van der Waals surface area contributed by atoms with Gasteiger partial charge in [0.25, 0.3) is 0 Å². The summed E-state index contributed by atoms with van der Waals surface area (Å²) in [5.74, 6) is -0.833. The highest BCUT2D eigenvalue weighted by molar-refractivity contribution is 5.92. The molecular formula is C16H20FNO3. The first-order chi connectivity index (χ1) is 10.1. The van der Waals surface area contributed by atoms with Gasteiger partial charge >= 0.3 is 5.97 Å². The first-order valence-corrected chi connectivity index (χ1v) is 6.86. The Kier molecular flexibility index (Phi) is 7.15. The monoisotopic (exact) mass is 293 g/mol. The Morgan fingerprint density at radius 3 is 2.48 bits per heavy atom. The number of benzene rings is 1. The minimum atomic E-state index is -0.341. The predicted octanol–water partition coefficient (Wildman–Crippen LogP) is 2.64. The molecule has 0 saturated heterocycles. The fourth-order valence-electron chi connectivity index (χ4n) is 1.78. The van der Waals surface area contributed by atoms with E-state index < -0.39 is 0 Å². The van der Waals surface area contributed by atoms with Crippen LogP contribution in [0.2, 0.25) is 0 Å². The van der Waals surface area contributed by atoms with Gasteiger partial charge in [0.15, 0.2) is 0 Å². The zero-order valence-corrected chi connectivity index (χ0v) is 12.3. The van der Waals surface area contributed by atoms with Crippen LogP contribution in [0.4, 0.5) is 4.39 Å². The van der Waals surface area contributed by atoms with Crippen LogP contribution in [0.25, 0.3) is 6.08 Å². The van der Waals surface area contributed by atoms with Crippen LogP contribution in [0.15, 0.2) is 30.3 Å². The van der Waals surface area contributed by atoms with E-state index >= 15 is 0 Å². The Bertz CT molecular complexity index is 497. The van der Waals surface area contributed by atoms with Gasteiger partial charge in [0, 0.05) is 19.2 Å². The van der Waals surface area contributed by atoms with Gasteiger partial charge in [-0.1, -0.05) is 19.1 Å². The second kappa shape index (κ2) is 8.89. The summed E-state index contributed by atoms with van der Waals surface area (Å²) in [5.41, 5.74) is 0.745. The fraction of sp³-hybridized carbons (Fsp3) is 0.375. The molecule has 1 aromatic carbocycles. The largest absolute Gasteiger partial charge is 0.469 e. The number of ether oxygens (including phenoxy) is 1. The van der Waals surface area contributed by atoms with E-state index in [1.165, 1.54) is 25.3 Å². The van der Waals surface area contributed by atoms with Crippen molar-refractivity contribution in [3.63, 3.8) is 0 Å². The Hall–Kier alpha value is -2.17. The fourth-order valence-corrected chi connectivity index (χ4v) is 1.78. The number of hydrogen-bond donors (Lipinski definition) is 0. The van der Waals surface area contributed by atoms with Gasteiger partial charge in [-0.15, -0.1) is 0 Å². The summed E-state index contributed by atoms with van der Waals surface area (Å²) in [7, 11) is 1.32. The summed E-state index contributed by atoms with van der Waals surface area (Å²) in [6.45, 7) is 2.86. The maximum Gasteiger partial charge on any atom is 0.307 e. The standard InChI is InChI=1S/C16H20FNO3/c1-3-11-18(12-10-16(20)21-2)15(19)9-6-13-4-7-14(17)8-5-13/h4-9H,3,10-12H2,1-2H3/b9-6+. The number of hydrogen-bond acceptors (Lipinski definition) is 3. The van der Waals surface area contributed by atoms with Gasteiger partial charge in [0.1, 0.15) is 5.82 Å². The van der Waals surface area contributed by atoms with Crippen LogP contribution in [-0.2, 0) is 14.3 Å². The van der Waals surface area contributed by atoms with Crippen LogP contribution in [0, 0.1) is 5.82 Å². The van der Waals surface area contributed by atoms with Crippen molar-refractivity contribution in [3.05, 3.63) is 41.7 Å². The lowest BCUT2D eigenvalue weighted by Gasteiger charge is -2.19. The number of esters is 1. The Morgan fingerprint density at radius 2 is 1.90 bits per heavy atom. The third-order valence-corrected chi connectivity index (χ3v) is 2.91. The highest BCUT2D eigenvalue weighted by atomic mass is 19.1. The van der Waals surface area contributed by atoms with Gasteiger partial charge in [-0.2, -0.15) is 0 Å². The normalized spacial score (nSPS) is 10.6. The van der Waals surface area contributed by atoms with E-state index in [-0.39, 0.29) is 24.1 Å². The first kappa shape index (κ1) is 16.9. The van der Waals surface area contributed by atoms with E-state index in [1.807, 2.05) is 6.92 Å². The molecule has 0 aliphatic heterocycles. The van der Waals surface area contributed by atoms with Crippen LogP contribution >= 0.6 is 0 Å². The van der Waals surface area contributed by atoms with E-state index in [0.29, 0.717) is 13.1 Å². The molecule has 1 amide bonds. The Balaban J connectivity index is 2.63. The molecule has 1 rings (SSSR count). The SMILES string of the molecule is CCCN(CCC(=O)OC)C(=O)/C=C/c1ccc(F)cc1. The molecule has 0 aliphatic rings. The number of methoxy groups -OCH3 is 1. The van der Waals surface area contributed by atoms with Crippen molar-refractivity contribution in [3.8, 4) is 0 Å². The van der Waals surface area contributed by atoms with Crippen molar-refractivity contribution >= 4 is 18.0 Å². The van der Waals surface area contributed by atoms with E-state index in [9.17, 15) is 14.0 Å². The van der Waals surface area contributed by atoms with Crippen LogP contribution in [0.3, 0.4) is 0 Å². The molecule has 0 radical (unpaired) electrons. The van der Waals surface area contributed by atoms with Crippen molar-refractivity contribution in [2.24, 2.45) is 0 Å². The molecule has 0 aliphatic carbocycles. The summed E-state index contributed by atoms with van der Waals surface area (Å²) < 4.78 is 17.3. The molecule has 0 fully saturated rings. The van der Waals surface area contributed by atoms with Gasteiger partial charge in [-0.05, 0) is 30.2 Å².